The van der Waals surface area contributed by atoms with Crippen molar-refractivity contribution in [2.75, 3.05) is 13.1 Å². The van der Waals surface area contributed by atoms with E-state index in [1.54, 1.807) is 0 Å². The molecule has 0 atom stereocenters. The van der Waals surface area contributed by atoms with Gasteiger partial charge in [0.2, 0.25) is 0 Å². The van der Waals surface area contributed by atoms with Gasteiger partial charge in [0.25, 0.3) is 0 Å². The van der Waals surface area contributed by atoms with Crippen molar-refractivity contribution in [3.05, 3.63) is 23.2 Å². The highest BCUT2D eigenvalue weighted by Crippen LogP contribution is 2.31. The Bertz CT molecular complexity index is 616. The van der Waals surface area contributed by atoms with Crippen molar-refractivity contribution in [3.63, 3.8) is 0 Å². The predicted octanol–water partition coefficient (Wildman–Crippen LogP) is 2.54. The first-order valence-corrected chi connectivity index (χ1v) is 6.39. The van der Waals surface area contributed by atoms with E-state index in [-0.39, 0.29) is 0 Å². The standard InChI is InChI=1S/C11H9ClN4S/c12-8-1-2-10-9(7-8)14-11-16(10)6-5-15(17-11)4-3-13/h1-2,7H,4-6H2. The average molecular weight is 265 g/mol. The van der Waals surface area contributed by atoms with Gasteiger partial charge < -0.3 is 4.57 Å². The van der Waals surface area contributed by atoms with Crippen molar-refractivity contribution in [3.8, 4) is 6.07 Å². The number of fused-ring (bicyclic) bond motifs is 3. The number of nitrogens with zero attached hydrogens (tertiary/aromatic N) is 4. The van der Waals surface area contributed by atoms with E-state index < -0.39 is 0 Å². The molecule has 1 aromatic carbocycles. The van der Waals surface area contributed by atoms with E-state index in [1.807, 2.05) is 22.5 Å². The molecule has 0 amide bonds. The average Bonchev–Trinajstić information content (AvgIpc) is 2.65. The minimum Gasteiger partial charge on any atom is -0.317 e. The smallest absolute Gasteiger partial charge is 0.184 e. The zero-order valence-corrected chi connectivity index (χ0v) is 10.5. The van der Waals surface area contributed by atoms with Gasteiger partial charge in [-0.3, -0.25) is 0 Å². The lowest BCUT2D eigenvalue weighted by molar-refractivity contribution is 0.442. The van der Waals surface area contributed by atoms with Gasteiger partial charge in [-0.15, -0.1) is 0 Å². The highest BCUT2D eigenvalue weighted by atomic mass is 35.5. The van der Waals surface area contributed by atoms with Crippen molar-refractivity contribution in [1.29, 1.82) is 5.26 Å². The molecular formula is C11H9ClN4S. The second-order valence-electron chi connectivity index (χ2n) is 3.79. The van der Waals surface area contributed by atoms with E-state index in [0.29, 0.717) is 11.6 Å². The fourth-order valence-corrected chi connectivity index (χ4v) is 3.05. The summed E-state index contributed by atoms with van der Waals surface area (Å²) >= 11 is 7.48. The second-order valence-corrected chi connectivity index (χ2v) is 5.29. The minimum atomic E-state index is 0.425. The molecule has 0 N–H and O–H groups in total. The molecule has 0 fully saturated rings. The SMILES string of the molecule is N#CCN1CCn2c(nc3cc(Cl)ccc32)S1. The Kier molecular flexibility index (Phi) is 2.71. The van der Waals surface area contributed by atoms with Crippen molar-refractivity contribution in [1.82, 2.24) is 13.9 Å². The van der Waals surface area contributed by atoms with Gasteiger partial charge in [-0.05, 0) is 30.1 Å². The molecule has 3 rings (SSSR count). The maximum absolute atomic E-state index is 8.69. The molecule has 1 aliphatic heterocycles. The van der Waals surface area contributed by atoms with Crippen molar-refractivity contribution in [2.45, 2.75) is 11.7 Å². The second kappa shape index (κ2) is 4.22. The van der Waals surface area contributed by atoms with Crippen LogP contribution in [-0.2, 0) is 6.54 Å². The highest BCUT2D eigenvalue weighted by Gasteiger charge is 2.20. The molecule has 0 unspecified atom stereocenters. The molecule has 0 bridgehead atoms. The van der Waals surface area contributed by atoms with Crippen LogP contribution in [-0.4, -0.2) is 26.9 Å². The van der Waals surface area contributed by atoms with Gasteiger partial charge in [-0.2, -0.15) is 5.26 Å². The fourth-order valence-electron chi connectivity index (χ4n) is 1.93. The fraction of sp³-hybridized carbons (Fsp3) is 0.273. The van der Waals surface area contributed by atoms with Gasteiger partial charge in [0.15, 0.2) is 5.16 Å². The molecule has 0 saturated heterocycles. The topological polar surface area (TPSA) is 44.9 Å². The highest BCUT2D eigenvalue weighted by molar-refractivity contribution is 7.96. The Hall–Kier alpha value is -1.22. The van der Waals surface area contributed by atoms with Crippen LogP contribution < -0.4 is 0 Å². The number of aromatic nitrogens is 2. The van der Waals surface area contributed by atoms with Crippen molar-refractivity contribution >= 4 is 34.6 Å². The Labute approximate surface area is 108 Å². The van der Waals surface area contributed by atoms with Crippen LogP contribution in [0, 0.1) is 11.3 Å². The van der Waals surface area contributed by atoms with Gasteiger partial charge >= 0.3 is 0 Å². The first-order valence-electron chi connectivity index (χ1n) is 5.23. The van der Waals surface area contributed by atoms with E-state index >= 15 is 0 Å². The Morgan fingerprint density at radius 2 is 2.35 bits per heavy atom. The molecule has 17 heavy (non-hydrogen) atoms. The third-order valence-electron chi connectivity index (χ3n) is 2.71. The zero-order valence-electron chi connectivity index (χ0n) is 8.93. The predicted molar refractivity (Wildman–Crippen MR) is 67.8 cm³/mol. The summed E-state index contributed by atoms with van der Waals surface area (Å²) in [6.45, 7) is 2.15. The zero-order chi connectivity index (χ0) is 11.8. The van der Waals surface area contributed by atoms with Gasteiger partial charge in [0.1, 0.15) is 0 Å². The van der Waals surface area contributed by atoms with E-state index in [0.717, 1.165) is 29.3 Å². The van der Waals surface area contributed by atoms with E-state index in [1.165, 1.54) is 11.9 Å². The molecule has 6 heteroatoms. The van der Waals surface area contributed by atoms with E-state index in [4.69, 9.17) is 16.9 Å². The van der Waals surface area contributed by atoms with E-state index in [9.17, 15) is 0 Å². The lowest BCUT2D eigenvalue weighted by atomic mass is 10.3. The van der Waals surface area contributed by atoms with Crippen LogP contribution in [0.25, 0.3) is 11.0 Å². The molecule has 0 spiro atoms. The van der Waals surface area contributed by atoms with Gasteiger partial charge in [-0.1, -0.05) is 11.6 Å². The normalized spacial score (nSPS) is 15.8. The van der Waals surface area contributed by atoms with Gasteiger partial charge in [0, 0.05) is 18.1 Å². The quantitative estimate of drug-likeness (QED) is 0.587. The van der Waals surface area contributed by atoms with Crippen LogP contribution in [0.15, 0.2) is 23.4 Å². The van der Waals surface area contributed by atoms with Gasteiger partial charge in [-0.25, -0.2) is 9.29 Å². The van der Waals surface area contributed by atoms with Crippen molar-refractivity contribution in [2.24, 2.45) is 0 Å². The molecule has 2 heterocycles. The van der Waals surface area contributed by atoms with Crippen LogP contribution in [0.1, 0.15) is 0 Å². The third kappa shape index (κ3) is 1.89. The number of halogens is 1. The van der Waals surface area contributed by atoms with Crippen LogP contribution in [0.4, 0.5) is 0 Å². The molecule has 0 saturated carbocycles. The molecule has 86 valence electrons. The number of benzene rings is 1. The number of imidazole rings is 1. The van der Waals surface area contributed by atoms with Crippen LogP contribution in [0.2, 0.25) is 5.02 Å². The van der Waals surface area contributed by atoms with Crippen LogP contribution >= 0.6 is 23.5 Å². The monoisotopic (exact) mass is 264 g/mol. The van der Waals surface area contributed by atoms with Crippen LogP contribution in [0.3, 0.4) is 0 Å². The number of rotatable bonds is 1. The molecule has 1 aliphatic rings. The summed E-state index contributed by atoms with van der Waals surface area (Å²) in [5.41, 5.74) is 2.02. The molecule has 0 radical (unpaired) electrons. The molecular weight excluding hydrogens is 256 g/mol. The summed E-state index contributed by atoms with van der Waals surface area (Å²) in [6.07, 6.45) is 0. The largest absolute Gasteiger partial charge is 0.317 e. The summed E-state index contributed by atoms with van der Waals surface area (Å²) in [5, 5.41) is 10.3. The summed E-state index contributed by atoms with van der Waals surface area (Å²) in [7, 11) is 0. The van der Waals surface area contributed by atoms with Gasteiger partial charge in [0.05, 0.1) is 23.6 Å². The maximum atomic E-state index is 8.69. The molecule has 0 aliphatic carbocycles. The summed E-state index contributed by atoms with van der Waals surface area (Å²) in [5.74, 6) is 0. The molecule has 2 aromatic rings. The summed E-state index contributed by atoms with van der Waals surface area (Å²) in [6, 6.07) is 7.91. The summed E-state index contributed by atoms with van der Waals surface area (Å²) in [4.78, 5) is 4.54. The minimum absolute atomic E-state index is 0.425. The number of hydrogen-bond donors (Lipinski definition) is 0. The van der Waals surface area contributed by atoms with Crippen molar-refractivity contribution < 1.29 is 0 Å². The number of hydrogen-bond acceptors (Lipinski definition) is 4. The molecule has 1 aromatic heterocycles. The maximum Gasteiger partial charge on any atom is 0.184 e. The Balaban J connectivity index is 2.04. The first-order chi connectivity index (χ1) is 8.28. The van der Waals surface area contributed by atoms with Crippen LogP contribution in [0.5, 0.6) is 0 Å². The number of nitriles is 1. The lowest BCUT2D eigenvalue weighted by Gasteiger charge is -2.23. The van der Waals surface area contributed by atoms with E-state index in [2.05, 4.69) is 15.6 Å². The first kappa shape index (κ1) is 10.9. The lowest BCUT2D eigenvalue weighted by Crippen LogP contribution is -2.26. The molecule has 4 nitrogen and oxygen atoms in total. The summed E-state index contributed by atoms with van der Waals surface area (Å²) < 4.78 is 4.19. The Morgan fingerprint density at radius 3 is 3.18 bits per heavy atom. The third-order valence-corrected chi connectivity index (χ3v) is 3.99. The Morgan fingerprint density at radius 1 is 1.47 bits per heavy atom.